The van der Waals surface area contributed by atoms with Crippen LogP contribution in [0.4, 0.5) is 11.4 Å². The molecule has 1 aromatic rings. The maximum absolute atomic E-state index is 12.4. The summed E-state index contributed by atoms with van der Waals surface area (Å²) in [7, 11) is 0. The molecule has 18 heavy (non-hydrogen) atoms. The zero-order chi connectivity index (χ0) is 12.3. The van der Waals surface area contributed by atoms with E-state index in [1.165, 1.54) is 24.9 Å². The van der Waals surface area contributed by atoms with Crippen molar-refractivity contribution >= 4 is 17.3 Å². The Hall–Kier alpha value is -1.51. The van der Waals surface area contributed by atoms with E-state index in [0.717, 1.165) is 23.7 Å². The Kier molecular flexibility index (Phi) is 2.02. The van der Waals surface area contributed by atoms with Gasteiger partial charge in [0.15, 0.2) is 0 Å². The normalized spacial score (nSPS) is 32.8. The van der Waals surface area contributed by atoms with E-state index in [0.29, 0.717) is 5.92 Å². The lowest BCUT2D eigenvalue weighted by molar-refractivity contribution is -0.118. The van der Waals surface area contributed by atoms with Gasteiger partial charge in [0.2, 0.25) is 5.91 Å². The number of rotatable bonds is 0. The van der Waals surface area contributed by atoms with Gasteiger partial charge in [-0.3, -0.25) is 4.79 Å². The quantitative estimate of drug-likeness (QED) is 0.758. The number of para-hydroxylation sites is 1. The topological polar surface area (TPSA) is 32.3 Å². The fourth-order valence-corrected chi connectivity index (χ4v) is 4.14. The lowest BCUT2D eigenvalue weighted by atomic mass is 9.92. The summed E-state index contributed by atoms with van der Waals surface area (Å²) in [5, 5.41) is 3.13. The van der Waals surface area contributed by atoms with Crippen molar-refractivity contribution in [3.63, 3.8) is 0 Å². The molecule has 2 fully saturated rings. The zero-order valence-corrected chi connectivity index (χ0v) is 10.6. The summed E-state index contributed by atoms with van der Waals surface area (Å²) in [5.41, 5.74) is 3.42. The molecule has 3 atom stereocenters. The van der Waals surface area contributed by atoms with Gasteiger partial charge in [0.05, 0.1) is 11.4 Å². The van der Waals surface area contributed by atoms with Gasteiger partial charge in [0.1, 0.15) is 6.04 Å². The minimum atomic E-state index is 0.0896. The first-order valence-corrected chi connectivity index (χ1v) is 6.93. The molecular weight excluding hydrogens is 224 g/mol. The van der Waals surface area contributed by atoms with Crippen LogP contribution in [0.3, 0.4) is 0 Å². The number of carbonyl (C=O) groups is 1. The highest BCUT2D eigenvalue weighted by Gasteiger charge is 2.50. The Bertz CT molecular complexity index is 525. The van der Waals surface area contributed by atoms with Crippen LogP contribution in [0.15, 0.2) is 18.2 Å². The molecule has 1 amide bonds. The summed E-state index contributed by atoms with van der Waals surface area (Å²) in [5.74, 6) is 1.53. The molecular formula is C15H18N2O. The summed E-state index contributed by atoms with van der Waals surface area (Å²) in [6, 6.07) is 6.40. The largest absolute Gasteiger partial charge is 0.357 e. The van der Waals surface area contributed by atoms with Crippen LogP contribution in [0.2, 0.25) is 0 Å². The van der Waals surface area contributed by atoms with Crippen LogP contribution in [-0.4, -0.2) is 18.5 Å². The van der Waals surface area contributed by atoms with Crippen LogP contribution in [0.1, 0.15) is 24.8 Å². The molecule has 0 radical (unpaired) electrons. The molecule has 3 aliphatic rings. The summed E-state index contributed by atoms with van der Waals surface area (Å²) in [4.78, 5) is 14.7. The first-order valence-electron chi connectivity index (χ1n) is 6.93. The van der Waals surface area contributed by atoms with E-state index in [1.807, 2.05) is 0 Å². The van der Waals surface area contributed by atoms with E-state index in [4.69, 9.17) is 0 Å². The molecule has 0 bridgehead atoms. The number of benzene rings is 1. The zero-order valence-electron chi connectivity index (χ0n) is 10.6. The predicted molar refractivity (Wildman–Crippen MR) is 71.8 cm³/mol. The Morgan fingerprint density at radius 2 is 2.22 bits per heavy atom. The van der Waals surface area contributed by atoms with Gasteiger partial charge >= 0.3 is 0 Å². The lowest BCUT2D eigenvalue weighted by Crippen LogP contribution is -2.47. The molecule has 1 saturated carbocycles. The van der Waals surface area contributed by atoms with Gasteiger partial charge in [-0.25, -0.2) is 0 Å². The number of fused-ring (bicyclic) bond motifs is 5. The van der Waals surface area contributed by atoms with Crippen LogP contribution in [0.25, 0.3) is 0 Å². The van der Waals surface area contributed by atoms with Crippen molar-refractivity contribution in [1.29, 1.82) is 0 Å². The second kappa shape index (κ2) is 3.50. The Morgan fingerprint density at radius 1 is 1.33 bits per heavy atom. The number of nitrogens with one attached hydrogen (secondary N) is 1. The van der Waals surface area contributed by atoms with E-state index in [2.05, 4.69) is 35.3 Å². The number of aryl methyl sites for hydroxylation is 1. The number of hydrogen-bond donors (Lipinski definition) is 1. The van der Waals surface area contributed by atoms with Crippen molar-refractivity contribution in [3.05, 3.63) is 23.8 Å². The van der Waals surface area contributed by atoms with Crippen LogP contribution in [0, 0.1) is 18.8 Å². The number of nitrogens with zero attached hydrogens (tertiary/aromatic N) is 1. The number of carbonyl (C=O) groups excluding carboxylic acids is 1. The van der Waals surface area contributed by atoms with Gasteiger partial charge in [-0.2, -0.15) is 0 Å². The summed E-state index contributed by atoms with van der Waals surface area (Å²) >= 11 is 0. The van der Waals surface area contributed by atoms with Crippen LogP contribution in [-0.2, 0) is 4.79 Å². The smallest absolute Gasteiger partial charge is 0.247 e. The van der Waals surface area contributed by atoms with Crippen molar-refractivity contribution in [2.45, 2.75) is 32.2 Å². The van der Waals surface area contributed by atoms with Crippen molar-refractivity contribution in [3.8, 4) is 0 Å². The summed E-state index contributed by atoms with van der Waals surface area (Å²) in [6.45, 7) is 3.13. The molecule has 1 N–H and O–H groups in total. The lowest BCUT2D eigenvalue weighted by Gasteiger charge is -2.35. The fourth-order valence-electron chi connectivity index (χ4n) is 4.14. The maximum atomic E-state index is 12.4. The molecule has 3 unspecified atom stereocenters. The Labute approximate surface area is 107 Å². The SMILES string of the molecule is Cc1cccc2c1NC(=O)C1C3CCCC3CN21. The second-order valence-corrected chi connectivity index (χ2v) is 5.91. The number of amides is 1. The van der Waals surface area contributed by atoms with Gasteiger partial charge in [-0.1, -0.05) is 18.6 Å². The van der Waals surface area contributed by atoms with Crippen molar-refractivity contribution in [2.75, 3.05) is 16.8 Å². The Balaban J connectivity index is 1.83. The van der Waals surface area contributed by atoms with Crippen LogP contribution < -0.4 is 10.2 Å². The third-order valence-corrected chi connectivity index (χ3v) is 4.97. The molecule has 0 spiro atoms. The highest BCUT2D eigenvalue weighted by atomic mass is 16.2. The standard InChI is InChI=1S/C15H18N2O/c1-9-4-2-7-12-13(9)16-15(18)14-11-6-3-5-10(11)8-17(12)14/h2,4,7,10-11,14H,3,5-6,8H2,1H3,(H,16,18). The minimum Gasteiger partial charge on any atom is -0.357 e. The van der Waals surface area contributed by atoms with Crippen LogP contribution in [0.5, 0.6) is 0 Å². The first-order chi connectivity index (χ1) is 8.75. The predicted octanol–water partition coefficient (Wildman–Crippen LogP) is 2.55. The van der Waals surface area contributed by atoms with E-state index in [-0.39, 0.29) is 11.9 Å². The van der Waals surface area contributed by atoms with Crippen molar-refractivity contribution < 1.29 is 4.79 Å². The molecule has 2 heterocycles. The van der Waals surface area contributed by atoms with Crippen molar-refractivity contribution in [1.82, 2.24) is 0 Å². The summed E-state index contributed by atoms with van der Waals surface area (Å²) in [6.07, 6.45) is 3.82. The molecule has 94 valence electrons. The van der Waals surface area contributed by atoms with Gasteiger partial charge in [-0.05, 0) is 43.2 Å². The van der Waals surface area contributed by atoms with E-state index in [1.54, 1.807) is 0 Å². The van der Waals surface area contributed by atoms with Gasteiger partial charge in [-0.15, -0.1) is 0 Å². The van der Waals surface area contributed by atoms with Crippen LogP contribution >= 0.6 is 0 Å². The third kappa shape index (κ3) is 1.22. The van der Waals surface area contributed by atoms with Gasteiger partial charge < -0.3 is 10.2 Å². The first kappa shape index (κ1) is 10.4. The minimum absolute atomic E-state index is 0.0896. The summed E-state index contributed by atoms with van der Waals surface area (Å²) < 4.78 is 0. The average Bonchev–Trinajstić information content (AvgIpc) is 2.90. The van der Waals surface area contributed by atoms with E-state index in [9.17, 15) is 4.79 Å². The molecule has 3 heteroatoms. The number of anilines is 2. The molecule has 3 nitrogen and oxygen atoms in total. The highest BCUT2D eigenvalue weighted by molar-refractivity contribution is 6.05. The van der Waals surface area contributed by atoms with Gasteiger partial charge in [0, 0.05) is 6.54 Å². The molecule has 2 aliphatic heterocycles. The highest BCUT2D eigenvalue weighted by Crippen LogP contribution is 2.48. The third-order valence-electron chi connectivity index (χ3n) is 4.97. The molecule has 1 aromatic carbocycles. The van der Waals surface area contributed by atoms with Gasteiger partial charge in [0.25, 0.3) is 0 Å². The maximum Gasteiger partial charge on any atom is 0.247 e. The molecule has 1 aliphatic carbocycles. The monoisotopic (exact) mass is 242 g/mol. The second-order valence-electron chi connectivity index (χ2n) is 5.91. The molecule has 4 rings (SSSR count). The fraction of sp³-hybridized carbons (Fsp3) is 0.533. The van der Waals surface area contributed by atoms with E-state index < -0.39 is 0 Å². The van der Waals surface area contributed by atoms with E-state index >= 15 is 0 Å². The molecule has 0 aromatic heterocycles. The average molecular weight is 242 g/mol. The molecule has 1 saturated heterocycles. The number of hydrogen-bond acceptors (Lipinski definition) is 2. The Morgan fingerprint density at radius 3 is 3.11 bits per heavy atom. The van der Waals surface area contributed by atoms with Crippen molar-refractivity contribution in [2.24, 2.45) is 11.8 Å².